The number of nitrogens with zero attached hydrogens (tertiary/aromatic N) is 2. The third kappa shape index (κ3) is 5.22. The highest BCUT2D eigenvalue weighted by molar-refractivity contribution is 6.43. The summed E-state index contributed by atoms with van der Waals surface area (Å²) < 4.78 is 0. The predicted octanol–water partition coefficient (Wildman–Crippen LogP) is 4.12. The Balaban J connectivity index is 1.23. The van der Waals surface area contributed by atoms with Crippen molar-refractivity contribution in [1.82, 2.24) is 15.1 Å². The van der Waals surface area contributed by atoms with E-state index in [0.717, 1.165) is 22.5 Å². The van der Waals surface area contributed by atoms with E-state index in [-0.39, 0.29) is 5.91 Å². The second-order valence-electron chi connectivity index (χ2n) is 8.92. The van der Waals surface area contributed by atoms with Gasteiger partial charge < -0.3 is 15.5 Å². The zero-order chi connectivity index (χ0) is 26.5. The van der Waals surface area contributed by atoms with Gasteiger partial charge in [-0.1, -0.05) is 54.6 Å². The molecule has 38 heavy (non-hydrogen) atoms. The monoisotopic (exact) mass is 507 g/mol. The number of ketones is 1. The fraction of sp³-hybridized carbons (Fsp3) is 0.138. The van der Waals surface area contributed by atoms with Gasteiger partial charge in [0.05, 0.1) is 11.4 Å². The molecule has 5 rings (SSSR count). The second-order valence-corrected chi connectivity index (χ2v) is 8.92. The SMILES string of the molecule is O=CNc1ccc(-c2cc(-c3ccc(NC(=O)[C@@H]4CCCN4C(=O)C(=O)c4ccccc4)cc3)[nH]n2)cc1. The molecule has 1 saturated heterocycles. The van der Waals surface area contributed by atoms with Crippen LogP contribution in [0.2, 0.25) is 0 Å². The van der Waals surface area contributed by atoms with Crippen LogP contribution >= 0.6 is 0 Å². The minimum absolute atomic E-state index is 0.313. The molecule has 0 unspecified atom stereocenters. The molecule has 0 aliphatic carbocycles. The van der Waals surface area contributed by atoms with Crippen molar-refractivity contribution in [1.29, 1.82) is 0 Å². The highest BCUT2D eigenvalue weighted by Gasteiger charge is 2.37. The van der Waals surface area contributed by atoms with Crippen molar-refractivity contribution in [3.63, 3.8) is 0 Å². The zero-order valence-corrected chi connectivity index (χ0v) is 20.4. The quantitative estimate of drug-likeness (QED) is 0.188. The number of carbonyl (C=O) groups is 4. The van der Waals surface area contributed by atoms with Crippen LogP contribution in [0.3, 0.4) is 0 Å². The molecule has 1 aromatic heterocycles. The summed E-state index contributed by atoms with van der Waals surface area (Å²) >= 11 is 0. The van der Waals surface area contributed by atoms with Crippen molar-refractivity contribution in [2.75, 3.05) is 17.2 Å². The average Bonchev–Trinajstić information content (AvgIpc) is 3.65. The lowest BCUT2D eigenvalue weighted by molar-refractivity contribution is -0.132. The van der Waals surface area contributed by atoms with Crippen LogP contribution in [-0.2, 0) is 14.4 Å². The van der Waals surface area contributed by atoms with Gasteiger partial charge in [-0.2, -0.15) is 5.10 Å². The standard InChI is InChI=1S/C29H25N5O4/c35-18-30-22-12-8-19(9-13-22)24-17-25(33-32-24)20-10-14-23(15-11-20)31-28(37)26-7-4-16-34(26)29(38)27(36)21-5-2-1-3-6-21/h1-3,5-6,8-15,17-18,26H,4,7,16H2,(H,30,35)(H,31,37)(H,32,33)/t26-/m0/s1. The van der Waals surface area contributed by atoms with E-state index in [2.05, 4.69) is 20.8 Å². The molecule has 190 valence electrons. The summed E-state index contributed by atoms with van der Waals surface area (Å²) in [5.41, 5.74) is 4.94. The number of anilines is 2. The molecule has 3 amide bonds. The third-order valence-electron chi connectivity index (χ3n) is 6.49. The molecule has 0 radical (unpaired) electrons. The first-order chi connectivity index (χ1) is 18.5. The van der Waals surface area contributed by atoms with Crippen LogP contribution in [0.15, 0.2) is 84.9 Å². The molecule has 0 saturated carbocycles. The third-order valence-corrected chi connectivity index (χ3v) is 6.49. The van der Waals surface area contributed by atoms with Gasteiger partial charge in [-0.3, -0.25) is 24.3 Å². The van der Waals surface area contributed by atoms with Gasteiger partial charge in [0.1, 0.15) is 6.04 Å². The minimum atomic E-state index is -0.696. The highest BCUT2D eigenvalue weighted by atomic mass is 16.2. The molecule has 9 nitrogen and oxygen atoms in total. The van der Waals surface area contributed by atoms with Crippen molar-refractivity contribution >= 4 is 35.4 Å². The van der Waals surface area contributed by atoms with E-state index in [1.54, 1.807) is 54.6 Å². The smallest absolute Gasteiger partial charge is 0.295 e. The Morgan fingerprint density at radius 3 is 2.29 bits per heavy atom. The molecule has 1 aliphatic rings. The molecule has 1 fully saturated rings. The van der Waals surface area contributed by atoms with E-state index in [1.807, 2.05) is 30.3 Å². The summed E-state index contributed by atoms with van der Waals surface area (Å²) in [6, 6.07) is 24.2. The summed E-state index contributed by atoms with van der Waals surface area (Å²) in [6.07, 6.45) is 1.79. The van der Waals surface area contributed by atoms with E-state index < -0.39 is 17.7 Å². The number of rotatable bonds is 8. The van der Waals surface area contributed by atoms with Crippen LogP contribution in [0.25, 0.3) is 22.5 Å². The largest absolute Gasteiger partial charge is 0.329 e. The number of hydrogen-bond donors (Lipinski definition) is 3. The Morgan fingerprint density at radius 2 is 1.58 bits per heavy atom. The van der Waals surface area contributed by atoms with Crippen LogP contribution in [0.5, 0.6) is 0 Å². The summed E-state index contributed by atoms with van der Waals surface area (Å²) in [4.78, 5) is 50.4. The van der Waals surface area contributed by atoms with E-state index in [0.29, 0.717) is 42.7 Å². The summed E-state index contributed by atoms with van der Waals surface area (Å²) in [5.74, 6) is -1.59. The number of likely N-dealkylation sites (tertiary alicyclic amines) is 1. The van der Waals surface area contributed by atoms with Gasteiger partial charge in [0, 0.05) is 29.0 Å². The summed E-state index contributed by atoms with van der Waals surface area (Å²) in [6.45, 7) is 0.368. The van der Waals surface area contributed by atoms with Crippen LogP contribution < -0.4 is 10.6 Å². The van der Waals surface area contributed by atoms with Crippen LogP contribution in [-0.4, -0.2) is 51.7 Å². The van der Waals surface area contributed by atoms with Crippen LogP contribution in [0.1, 0.15) is 23.2 Å². The van der Waals surface area contributed by atoms with Crippen molar-refractivity contribution in [3.8, 4) is 22.5 Å². The topological polar surface area (TPSA) is 124 Å². The number of nitrogens with one attached hydrogen (secondary N) is 3. The van der Waals surface area contributed by atoms with E-state index in [1.165, 1.54) is 4.90 Å². The van der Waals surface area contributed by atoms with Crippen LogP contribution in [0, 0.1) is 0 Å². The van der Waals surface area contributed by atoms with Crippen molar-refractivity contribution < 1.29 is 19.2 Å². The average molecular weight is 508 g/mol. The first kappa shape index (κ1) is 24.6. The molecule has 0 spiro atoms. The number of carbonyl (C=O) groups excluding carboxylic acids is 4. The molecule has 2 heterocycles. The lowest BCUT2D eigenvalue weighted by Crippen LogP contribution is -2.46. The Bertz CT molecular complexity index is 1460. The van der Waals surface area contributed by atoms with E-state index in [9.17, 15) is 19.2 Å². The number of hydrogen-bond acceptors (Lipinski definition) is 5. The van der Waals surface area contributed by atoms with Gasteiger partial charge in [0.15, 0.2) is 0 Å². The normalized spacial score (nSPS) is 14.6. The number of aromatic nitrogens is 2. The number of amides is 3. The van der Waals surface area contributed by atoms with Crippen molar-refractivity contribution in [3.05, 3.63) is 90.5 Å². The highest BCUT2D eigenvalue weighted by Crippen LogP contribution is 2.26. The predicted molar refractivity (Wildman–Crippen MR) is 143 cm³/mol. The Hall–Kier alpha value is -5.05. The molecule has 1 atom stereocenters. The molecule has 1 aliphatic heterocycles. The fourth-order valence-corrected chi connectivity index (χ4v) is 4.51. The van der Waals surface area contributed by atoms with Crippen LogP contribution in [0.4, 0.5) is 11.4 Å². The molecule has 3 N–H and O–H groups in total. The summed E-state index contributed by atoms with van der Waals surface area (Å²) in [5, 5.41) is 12.9. The maximum Gasteiger partial charge on any atom is 0.295 e. The van der Waals surface area contributed by atoms with Crippen molar-refractivity contribution in [2.45, 2.75) is 18.9 Å². The van der Waals surface area contributed by atoms with Gasteiger partial charge >= 0.3 is 0 Å². The first-order valence-corrected chi connectivity index (χ1v) is 12.2. The first-order valence-electron chi connectivity index (χ1n) is 12.2. The summed E-state index contributed by atoms with van der Waals surface area (Å²) in [7, 11) is 0. The molecular formula is C29H25N5O4. The number of Topliss-reactive ketones (excluding diaryl/α,β-unsaturated/α-hetero) is 1. The van der Waals surface area contributed by atoms with Gasteiger partial charge in [-0.15, -0.1) is 0 Å². The zero-order valence-electron chi connectivity index (χ0n) is 20.4. The number of H-pyrrole nitrogens is 1. The van der Waals surface area contributed by atoms with E-state index >= 15 is 0 Å². The van der Waals surface area contributed by atoms with Crippen molar-refractivity contribution in [2.24, 2.45) is 0 Å². The second kappa shape index (κ2) is 10.9. The minimum Gasteiger partial charge on any atom is -0.329 e. The Morgan fingerprint density at radius 1 is 0.895 bits per heavy atom. The van der Waals surface area contributed by atoms with E-state index in [4.69, 9.17) is 0 Å². The maximum atomic E-state index is 13.0. The van der Waals surface area contributed by atoms with Gasteiger partial charge in [-0.05, 0) is 48.7 Å². The van der Waals surface area contributed by atoms with Gasteiger partial charge in [0.25, 0.3) is 5.91 Å². The number of benzene rings is 3. The molecule has 4 aromatic rings. The Kier molecular flexibility index (Phi) is 7.08. The van der Waals surface area contributed by atoms with Gasteiger partial charge in [0.2, 0.25) is 18.1 Å². The molecule has 3 aromatic carbocycles. The Labute approximate surface area is 218 Å². The van der Waals surface area contributed by atoms with Gasteiger partial charge in [-0.25, -0.2) is 0 Å². The maximum absolute atomic E-state index is 13.0. The lowest BCUT2D eigenvalue weighted by atomic mass is 10.1. The lowest BCUT2D eigenvalue weighted by Gasteiger charge is -2.23. The molecular weight excluding hydrogens is 482 g/mol. The fourth-order valence-electron chi connectivity index (χ4n) is 4.51. The molecule has 9 heteroatoms. The number of aromatic amines is 1. The molecule has 0 bridgehead atoms.